The fraction of sp³-hybridized carbons (Fsp3) is 0.571. The molecule has 2 aliphatic rings. The topological polar surface area (TPSA) is 0 Å². The van der Waals surface area contributed by atoms with Crippen molar-refractivity contribution in [2.24, 2.45) is 5.92 Å². The van der Waals surface area contributed by atoms with Gasteiger partial charge in [0.25, 0.3) is 0 Å². The van der Waals surface area contributed by atoms with Gasteiger partial charge in [-0.2, -0.15) is 22.9 Å². The van der Waals surface area contributed by atoms with E-state index in [0.717, 1.165) is 5.92 Å². The molecule has 26 heavy (non-hydrogen) atoms. The Morgan fingerprint density at radius 3 is 2.46 bits per heavy atom. The summed E-state index contributed by atoms with van der Waals surface area (Å²) in [5.74, 6) is 0.988. The Kier molecular flexibility index (Phi) is 16.2. The van der Waals surface area contributed by atoms with Crippen LogP contribution in [0, 0.1) is 5.92 Å². The van der Waals surface area contributed by atoms with Gasteiger partial charge in [0.2, 0.25) is 0 Å². The molecule has 0 aromatic heterocycles. The molecule has 0 saturated heterocycles. The van der Waals surface area contributed by atoms with E-state index >= 15 is 0 Å². The van der Waals surface area contributed by atoms with Gasteiger partial charge in [-0.15, -0.1) is 0 Å². The van der Waals surface area contributed by atoms with E-state index in [1.165, 1.54) is 57.8 Å². The van der Waals surface area contributed by atoms with Gasteiger partial charge >= 0.3 is 21.7 Å². The number of aryl methyl sites for hydroxylation is 1. The van der Waals surface area contributed by atoms with Gasteiger partial charge in [0.1, 0.15) is 0 Å². The van der Waals surface area contributed by atoms with E-state index in [-0.39, 0.29) is 68.5 Å². The zero-order valence-electron chi connectivity index (χ0n) is 15.8. The maximum Gasteiger partial charge on any atom is 4.00 e. The van der Waals surface area contributed by atoms with E-state index in [2.05, 4.69) is 49.4 Å². The van der Waals surface area contributed by atoms with Crippen molar-refractivity contribution < 1.29 is 58.9 Å². The average molecular weight is 466 g/mol. The first kappa shape index (κ1) is 28.8. The van der Waals surface area contributed by atoms with Gasteiger partial charge in [-0.25, -0.2) is 6.07 Å². The Labute approximate surface area is 196 Å². The third-order valence-corrected chi connectivity index (χ3v) is 7.98. The smallest absolute Gasteiger partial charge is 1.00 e. The summed E-state index contributed by atoms with van der Waals surface area (Å²) in [5, 5.41) is 2.22. The molecule has 0 aliphatic heterocycles. The van der Waals surface area contributed by atoms with Crippen molar-refractivity contribution in [1.29, 1.82) is 0 Å². The summed E-state index contributed by atoms with van der Waals surface area (Å²) in [7, 11) is -0.243. The summed E-state index contributed by atoms with van der Waals surface area (Å²) < 4.78 is 0. The number of rotatable bonds is 6. The van der Waals surface area contributed by atoms with E-state index < -0.39 is 0 Å². The van der Waals surface area contributed by atoms with Crippen LogP contribution >= 0.6 is 0 Å². The molecule has 1 atom stereocenters. The molecule has 0 radical (unpaired) electrons. The zero-order chi connectivity index (χ0) is 15.3. The van der Waals surface area contributed by atoms with E-state index in [1.54, 1.807) is 10.8 Å². The minimum Gasteiger partial charge on any atom is -1.00 e. The van der Waals surface area contributed by atoms with Crippen molar-refractivity contribution in [2.45, 2.75) is 69.7 Å². The Balaban J connectivity index is 0. The Hall–Kier alpha value is 0.631. The van der Waals surface area contributed by atoms with Crippen LogP contribution in [-0.4, -0.2) is 9.52 Å². The van der Waals surface area contributed by atoms with Crippen LogP contribution in [0.4, 0.5) is 0 Å². The normalized spacial score (nSPS) is 22.2. The van der Waals surface area contributed by atoms with Crippen LogP contribution in [0.15, 0.2) is 42.5 Å². The minimum atomic E-state index is -0.243. The molecule has 0 heterocycles. The molecular formula is C21H31Cl3SiTi. The van der Waals surface area contributed by atoms with Gasteiger partial charge in [0.15, 0.2) is 0 Å². The van der Waals surface area contributed by atoms with Crippen LogP contribution in [0.25, 0.3) is 0 Å². The van der Waals surface area contributed by atoms with Crippen molar-refractivity contribution in [2.75, 3.05) is 0 Å². The van der Waals surface area contributed by atoms with Gasteiger partial charge in [-0.05, 0) is 23.8 Å². The van der Waals surface area contributed by atoms with Crippen LogP contribution < -0.4 is 42.4 Å². The van der Waals surface area contributed by atoms with E-state index in [9.17, 15) is 0 Å². The maximum absolute atomic E-state index is 2.58. The summed E-state index contributed by atoms with van der Waals surface area (Å²) in [6.07, 6.45) is 22.2. The molecule has 1 fully saturated rings. The second-order valence-corrected chi connectivity index (χ2v) is 10.2. The second kappa shape index (κ2) is 14.6. The fourth-order valence-electron chi connectivity index (χ4n) is 4.54. The standard InChI is InChI=1S/C21H31Si.3ClH.Ti/c1-2-9-18-12-13-20(16-18)22-21(14-7-4-8-15-21)17-19-10-5-3-6-11-19;;;;/h4,7-8,12-14,16,19H,2-3,5-6,9-11,15,17,22H2,1H3;3*1H;/q-1;;;;+4/p-3. The van der Waals surface area contributed by atoms with Gasteiger partial charge in [0, 0.05) is 9.52 Å². The van der Waals surface area contributed by atoms with Gasteiger partial charge in [-0.3, -0.25) is 0 Å². The molecule has 1 saturated carbocycles. The quantitative estimate of drug-likeness (QED) is 0.295. The first-order valence-electron chi connectivity index (χ1n) is 9.38. The van der Waals surface area contributed by atoms with E-state index in [0.29, 0.717) is 5.04 Å². The van der Waals surface area contributed by atoms with E-state index in [4.69, 9.17) is 0 Å². The number of halogens is 3. The summed E-state index contributed by atoms with van der Waals surface area (Å²) in [4.78, 5) is 0. The largest absolute Gasteiger partial charge is 4.00 e. The monoisotopic (exact) mass is 464 g/mol. The van der Waals surface area contributed by atoms with Gasteiger partial charge in [-0.1, -0.05) is 76.2 Å². The minimum absolute atomic E-state index is 0. The summed E-state index contributed by atoms with van der Waals surface area (Å²) in [6, 6.07) is 7.33. The third kappa shape index (κ3) is 8.33. The molecule has 2 aliphatic carbocycles. The predicted octanol–water partition coefficient (Wildman–Crippen LogP) is -4.19. The molecule has 0 nitrogen and oxygen atoms in total. The predicted molar refractivity (Wildman–Crippen MR) is 101 cm³/mol. The molecule has 3 rings (SSSR count). The van der Waals surface area contributed by atoms with Crippen molar-refractivity contribution >= 4 is 14.7 Å². The summed E-state index contributed by atoms with van der Waals surface area (Å²) in [6.45, 7) is 2.28. The molecule has 1 aromatic rings. The van der Waals surface area contributed by atoms with Crippen LogP contribution in [0.5, 0.6) is 0 Å². The SMILES string of the molecule is CCCc1cc[c-]([SiH2]C2(CC3CCCCC3)C=CC=CC2)c1.[Cl-].[Cl-].[Cl-].[Ti+4]. The zero-order valence-corrected chi connectivity index (χ0v) is 21.1. The molecule has 0 N–H and O–H groups in total. The van der Waals surface area contributed by atoms with Crippen molar-refractivity contribution in [3.8, 4) is 0 Å². The molecular weight excluding hydrogens is 435 g/mol. The fourth-order valence-corrected chi connectivity index (χ4v) is 7.07. The number of allylic oxidation sites excluding steroid dienone is 4. The first-order chi connectivity index (χ1) is 10.8. The maximum atomic E-state index is 2.58. The summed E-state index contributed by atoms with van der Waals surface area (Å²) in [5.41, 5.74) is 1.56. The summed E-state index contributed by atoms with van der Waals surface area (Å²) >= 11 is 0. The van der Waals surface area contributed by atoms with Crippen LogP contribution in [-0.2, 0) is 28.1 Å². The first-order valence-corrected chi connectivity index (χ1v) is 10.8. The van der Waals surface area contributed by atoms with Crippen LogP contribution in [0.1, 0.15) is 63.9 Å². The van der Waals surface area contributed by atoms with Gasteiger partial charge in [0.05, 0.1) is 0 Å². The molecule has 144 valence electrons. The second-order valence-electron chi connectivity index (χ2n) is 7.62. The van der Waals surface area contributed by atoms with Crippen molar-refractivity contribution in [3.63, 3.8) is 0 Å². The van der Waals surface area contributed by atoms with Crippen molar-refractivity contribution in [3.05, 3.63) is 48.1 Å². The van der Waals surface area contributed by atoms with Gasteiger partial charge < -0.3 is 37.2 Å². The van der Waals surface area contributed by atoms with Crippen LogP contribution in [0.3, 0.4) is 0 Å². The molecule has 1 unspecified atom stereocenters. The molecule has 1 aromatic carbocycles. The molecule has 0 bridgehead atoms. The number of hydrogen-bond acceptors (Lipinski definition) is 0. The molecule has 5 heteroatoms. The Bertz CT molecular complexity index is 535. The Morgan fingerprint density at radius 2 is 1.85 bits per heavy atom. The number of hydrogen-bond donors (Lipinski definition) is 0. The molecule has 0 spiro atoms. The van der Waals surface area contributed by atoms with Crippen LogP contribution in [0.2, 0.25) is 5.04 Å². The average Bonchev–Trinajstić information content (AvgIpc) is 2.96. The molecule has 0 amide bonds. The Morgan fingerprint density at radius 1 is 1.12 bits per heavy atom. The van der Waals surface area contributed by atoms with E-state index in [1.807, 2.05) is 0 Å². The van der Waals surface area contributed by atoms with Crippen molar-refractivity contribution in [1.82, 2.24) is 0 Å². The third-order valence-electron chi connectivity index (χ3n) is 5.62.